The lowest BCUT2D eigenvalue weighted by atomic mass is 10.1. The Bertz CT molecular complexity index is 529. The molecule has 0 aromatic heterocycles. The third-order valence-electron chi connectivity index (χ3n) is 2.22. The predicted octanol–water partition coefficient (Wildman–Crippen LogP) is 1.52. The molecule has 6 heteroatoms. The van der Waals surface area contributed by atoms with E-state index in [1.54, 1.807) is 6.92 Å². The van der Waals surface area contributed by atoms with E-state index in [0.29, 0.717) is 18.7 Å². The van der Waals surface area contributed by atoms with Crippen LogP contribution in [0.15, 0.2) is 18.2 Å². The van der Waals surface area contributed by atoms with Gasteiger partial charge in [-0.05, 0) is 19.1 Å². The van der Waals surface area contributed by atoms with Gasteiger partial charge in [-0.2, -0.15) is 0 Å². The van der Waals surface area contributed by atoms with Crippen LogP contribution in [0.5, 0.6) is 0 Å². The van der Waals surface area contributed by atoms with Gasteiger partial charge in [0, 0.05) is 24.6 Å². The number of nitro groups is 1. The lowest BCUT2D eigenvalue weighted by Gasteiger charge is -2.06. The molecule has 0 aliphatic heterocycles. The molecule has 0 saturated carbocycles. The molecule has 0 saturated heterocycles. The monoisotopic (exact) mass is 247 g/mol. The molecule has 0 unspecified atom stereocenters. The number of nitrogens with zero attached hydrogens (tertiary/aromatic N) is 1. The molecule has 1 aromatic carbocycles. The summed E-state index contributed by atoms with van der Waals surface area (Å²) < 4.78 is 0. The first-order chi connectivity index (χ1) is 8.56. The van der Waals surface area contributed by atoms with E-state index < -0.39 is 10.8 Å². The van der Waals surface area contributed by atoms with E-state index >= 15 is 0 Å². The van der Waals surface area contributed by atoms with Crippen molar-refractivity contribution in [2.45, 2.75) is 13.3 Å². The fourth-order valence-electron chi connectivity index (χ4n) is 1.37. The number of nitrogens with one attached hydrogen (secondary N) is 1. The van der Waals surface area contributed by atoms with Crippen molar-refractivity contribution in [2.75, 3.05) is 11.9 Å². The molecule has 1 amide bonds. The summed E-state index contributed by atoms with van der Waals surface area (Å²) in [4.78, 5) is 21.3. The van der Waals surface area contributed by atoms with E-state index in [-0.39, 0.29) is 11.3 Å². The van der Waals surface area contributed by atoms with Gasteiger partial charge in [0.25, 0.3) is 5.69 Å². The maximum absolute atomic E-state index is 10.9. The van der Waals surface area contributed by atoms with Gasteiger partial charge < -0.3 is 11.1 Å². The summed E-state index contributed by atoms with van der Waals surface area (Å²) in [7, 11) is 0. The zero-order valence-corrected chi connectivity index (χ0v) is 9.90. The third-order valence-corrected chi connectivity index (χ3v) is 2.22. The Hall–Kier alpha value is -2.55. The second kappa shape index (κ2) is 6.25. The van der Waals surface area contributed by atoms with Crippen LogP contribution in [-0.2, 0) is 0 Å². The van der Waals surface area contributed by atoms with Crippen molar-refractivity contribution in [3.8, 4) is 11.8 Å². The van der Waals surface area contributed by atoms with Crippen LogP contribution in [0.3, 0.4) is 0 Å². The van der Waals surface area contributed by atoms with Gasteiger partial charge in [0.2, 0.25) is 5.91 Å². The smallest absolute Gasteiger partial charge is 0.293 e. The van der Waals surface area contributed by atoms with Gasteiger partial charge in [-0.1, -0.05) is 0 Å². The topological polar surface area (TPSA) is 98.3 Å². The Kier molecular flexibility index (Phi) is 4.69. The van der Waals surface area contributed by atoms with E-state index in [1.807, 2.05) is 0 Å². The first-order valence-electron chi connectivity index (χ1n) is 5.28. The Morgan fingerprint density at radius 1 is 1.56 bits per heavy atom. The van der Waals surface area contributed by atoms with Crippen molar-refractivity contribution >= 4 is 17.3 Å². The number of nitro benzene ring substituents is 1. The normalized spacial score (nSPS) is 9.17. The number of carbonyl (C=O) groups is 1. The minimum absolute atomic E-state index is 0.112. The molecule has 6 nitrogen and oxygen atoms in total. The van der Waals surface area contributed by atoms with Crippen LogP contribution in [0, 0.1) is 22.0 Å². The summed E-state index contributed by atoms with van der Waals surface area (Å²) in [5, 5.41) is 13.8. The van der Waals surface area contributed by atoms with E-state index in [0.717, 1.165) is 6.07 Å². The highest BCUT2D eigenvalue weighted by Gasteiger charge is 2.15. The first kappa shape index (κ1) is 13.5. The van der Waals surface area contributed by atoms with Gasteiger partial charge >= 0.3 is 0 Å². The predicted molar refractivity (Wildman–Crippen MR) is 68.2 cm³/mol. The summed E-state index contributed by atoms with van der Waals surface area (Å²) in [5.74, 6) is 4.88. The van der Waals surface area contributed by atoms with Gasteiger partial charge in [0.05, 0.1) is 4.92 Å². The second-order valence-corrected chi connectivity index (χ2v) is 3.46. The molecule has 3 N–H and O–H groups in total. The Balaban J connectivity index is 2.92. The summed E-state index contributed by atoms with van der Waals surface area (Å²) in [6.07, 6.45) is 0.589. The van der Waals surface area contributed by atoms with Gasteiger partial charge in [-0.25, -0.2) is 0 Å². The standard InChI is InChI=1S/C12H13N3O3/c1-2-3-4-7-14-10-6-5-9(12(13)16)8-11(10)15(17)18/h5-6,8,14H,4,7H2,1H3,(H2,13,16). The Labute approximate surface area is 104 Å². The Morgan fingerprint density at radius 2 is 2.28 bits per heavy atom. The lowest BCUT2D eigenvalue weighted by molar-refractivity contribution is -0.384. The zero-order chi connectivity index (χ0) is 13.5. The van der Waals surface area contributed by atoms with E-state index in [1.165, 1.54) is 12.1 Å². The van der Waals surface area contributed by atoms with Gasteiger partial charge in [-0.3, -0.25) is 14.9 Å². The molecule has 0 atom stereocenters. The summed E-state index contributed by atoms with van der Waals surface area (Å²) in [6, 6.07) is 4.08. The lowest BCUT2D eigenvalue weighted by Crippen LogP contribution is -2.12. The molecule has 0 bridgehead atoms. The van der Waals surface area contributed by atoms with Crippen molar-refractivity contribution in [2.24, 2.45) is 5.73 Å². The van der Waals surface area contributed by atoms with Gasteiger partial charge in [-0.15, -0.1) is 11.8 Å². The van der Waals surface area contributed by atoms with Crippen molar-refractivity contribution in [1.82, 2.24) is 0 Å². The highest BCUT2D eigenvalue weighted by Crippen LogP contribution is 2.25. The van der Waals surface area contributed by atoms with Crippen molar-refractivity contribution in [3.63, 3.8) is 0 Å². The average Bonchev–Trinajstić information content (AvgIpc) is 2.34. The maximum Gasteiger partial charge on any atom is 0.293 e. The zero-order valence-electron chi connectivity index (χ0n) is 9.90. The molecule has 94 valence electrons. The van der Waals surface area contributed by atoms with E-state index in [4.69, 9.17) is 5.73 Å². The molecule has 1 rings (SSSR count). The van der Waals surface area contributed by atoms with Gasteiger partial charge in [0.1, 0.15) is 5.69 Å². The van der Waals surface area contributed by atoms with Crippen molar-refractivity contribution < 1.29 is 9.72 Å². The fourth-order valence-corrected chi connectivity index (χ4v) is 1.37. The highest BCUT2D eigenvalue weighted by atomic mass is 16.6. The minimum Gasteiger partial charge on any atom is -0.379 e. The molecule has 0 radical (unpaired) electrons. The van der Waals surface area contributed by atoms with Crippen LogP contribution in [0.4, 0.5) is 11.4 Å². The second-order valence-electron chi connectivity index (χ2n) is 3.46. The number of nitrogens with two attached hydrogens (primary N) is 1. The molecule has 0 aliphatic carbocycles. The number of rotatable bonds is 5. The molecular formula is C12H13N3O3. The van der Waals surface area contributed by atoms with Crippen molar-refractivity contribution in [1.29, 1.82) is 0 Å². The summed E-state index contributed by atoms with van der Waals surface area (Å²) >= 11 is 0. The number of primary amides is 1. The molecule has 0 heterocycles. The van der Waals surface area contributed by atoms with Crippen LogP contribution in [0.25, 0.3) is 0 Å². The maximum atomic E-state index is 10.9. The largest absolute Gasteiger partial charge is 0.379 e. The number of carbonyl (C=O) groups excluding carboxylic acids is 1. The molecular weight excluding hydrogens is 234 g/mol. The Morgan fingerprint density at radius 3 is 2.83 bits per heavy atom. The SMILES string of the molecule is CC#CCCNc1ccc(C(N)=O)cc1[N+](=O)[O-]. The highest BCUT2D eigenvalue weighted by molar-refractivity contribution is 5.94. The summed E-state index contributed by atoms with van der Waals surface area (Å²) in [6.45, 7) is 2.22. The number of hydrogen-bond donors (Lipinski definition) is 2. The first-order valence-corrected chi connectivity index (χ1v) is 5.28. The molecule has 0 fully saturated rings. The summed E-state index contributed by atoms with van der Waals surface area (Å²) in [5.41, 5.74) is 5.36. The molecule has 0 spiro atoms. The van der Waals surface area contributed by atoms with Crippen LogP contribution in [-0.4, -0.2) is 17.4 Å². The van der Waals surface area contributed by atoms with Crippen LogP contribution >= 0.6 is 0 Å². The molecule has 18 heavy (non-hydrogen) atoms. The minimum atomic E-state index is -0.693. The van der Waals surface area contributed by atoms with Gasteiger partial charge in [0.15, 0.2) is 0 Å². The number of hydrogen-bond acceptors (Lipinski definition) is 4. The third kappa shape index (κ3) is 3.49. The van der Waals surface area contributed by atoms with Crippen LogP contribution in [0.2, 0.25) is 0 Å². The number of amides is 1. The quantitative estimate of drug-likeness (QED) is 0.356. The fraction of sp³-hybridized carbons (Fsp3) is 0.250. The number of benzene rings is 1. The molecule has 1 aromatic rings. The number of anilines is 1. The van der Waals surface area contributed by atoms with E-state index in [2.05, 4.69) is 17.2 Å². The average molecular weight is 247 g/mol. The van der Waals surface area contributed by atoms with E-state index in [9.17, 15) is 14.9 Å². The molecule has 0 aliphatic rings. The van der Waals surface area contributed by atoms with Crippen molar-refractivity contribution in [3.05, 3.63) is 33.9 Å². The van der Waals surface area contributed by atoms with Crippen LogP contribution in [0.1, 0.15) is 23.7 Å². The van der Waals surface area contributed by atoms with Crippen LogP contribution < -0.4 is 11.1 Å².